The van der Waals surface area contributed by atoms with Gasteiger partial charge in [0.1, 0.15) is 5.69 Å². The molecule has 19 heavy (non-hydrogen) atoms. The Morgan fingerprint density at radius 2 is 2.32 bits per heavy atom. The number of carbonyl (C=O) groups excluding carboxylic acids is 1. The highest BCUT2D eigenvalue weighted by Gasteiger charge is 2.21. The van der Waals surface area contributed by atoms with Crippen LogP contribution in [0.3, 0.4) is 0 Å². The first kappa shape index (κ1) is 14.6. The van der Waals surface area contributed by atoms with E-state index in [1.54, 1.807) is 12.3 Å². The molecule has 0 saturated heterocycles. The zero-order valence-corrected chi connectivity index (χ0v) is 12.8. The monoisotopic (exact) mass is 328 g/mol. The van der Waals surface area contributed by atoms with Crippen LogP contribution in [0.5, 0.6) is 0 Å². The first-order valence-electron chi connectivity index (χ1n) is 6.90. The lowest BCUT2D eigenvalue weighted by atomic mass is 9.88. The summed E-state index contributed by atoms with van der Waals surface area (Å²) in [4.78, 5) is 14.7. The summed E-state index contributed by atoms with van der Waals surface area (Å²) in [6, 6.07) is 1.76. The number of ether oxygens (including phenoxy) is 1. The Hall–Kier alpha value is -0.810. The molecule has 1 amide bonds. The summed E-state index contributed by atoms with van der Waals surface area (Å²) in [5, 5.41) is 2.85. The van der Waals surface area contributed by atoms with Gasteiger partial charge in [0.15, 0.2) is 0 Å². The van der Waals surface area contributed by atoms with Crippen LogP contribution in [0.2, 0.25) is 0 Å². The first-order chi connectivity index (χ1) is 9.16. The lowest BCUT2D eigenvalue weighted by Gasteiger charge is -2.28. The van der Waals surface area contributed by atoms with E-state index in [1.165, 1.54) is 19.3 Å². The number of aromatic amines is 1. The fourth-order valence-corrected chi connectivity index (χ4v) is 2.84. The molecule has 1 aliphatic carbocycles. The van der Waals surface area contributed by atoms with Gasteiger partial charge in [-0.3, -0.25) is 4.79 Å². The van der Waals surface area contributed by atoms with Gasteiger partial charge in [-0.1, -0.05) is 19.8 Å². The molecular formula is C14H21BrN2O2. The topological polar surface area (TPSA) is 54.1 Å². The van der Waals surface area contributed by atoms with Gasteiger partial charge in [-0.25, -0.2) is 0 Å². The van der Waals surface area contributed by atoms with Gasteiger partial charge in [0.05, 0.1) is 12.7 Å². The zero-order chi connectivity index (χ0) is 13.7. The number of H-pyrrole nitrogens is 1. The summed E-state index contributed by atoms with van der Waals surface area (Å²) in [5.74, 6) is 0.551. The molecule has 2 N–H and O–H groups in total. The van der Waals surface area contributed by atoms with Gasteiger partial charge in [-0.05, 0) is 40.8 Å². The maximum absolute atomic E-state index is 11.8. The van der Waals surface area contributed by atoms with Gasteiger partial charge < -0.3 is 15.0 Å². The highest BCUT2D eigenvalue weighted by molar-refractivity contribution is 9.10. The predicted molar refractivity (Wildman–Crippen MR) is 78.2 cm³/mol. The smallest absolute Gasteiger partial charge is 0.267 e. The standard InChI is InChI=1S/C14H21BrN2O2/c1-10-4-2-3-5-13(10)19-7-6-16-14(18)12-8-11(15)9-17-12/h8-10,13,17H,2-7H2,1H3,(H,16,18)/t10-,13+/m0/s1. The average Bonchev–Trinajstić information content (AvgIpc) is 2.83. The van der Waals surface area contributed by atoms with Crippen molar-refractivity contribution in [1.29, 1.82) is 0 Å². The minimum Gasteiger partial charge on any atom is -0.376 e. The summed E-state index contributed by atoms with van der Waals surface area (Å²) in [6.07, 6.45) is 7.10. The molecule has 4 nitrogen and oxygen atoms in total. The van der Waals surface area contributed by atoms with Crippen molar-refractivity contribution in [2.45, 2.75) is 38.7 Å². The molecule has 1 fully saturated rings. The normalized spacial score (nSPS) is 23.3. The number of halogens is 1. The molecule has 1 aromatic heterocycles. The number of rotatable bonds is 5. The quantitative estimate of drug-likeness (QED) is 0.816. The molecule has 1 aromatic rings. The molecule has 0 spiro atoms. The van der Waals surface area contributed by atoms with E-state index in [-0.39, 0.29) is 5.91 Å². The van der Waals surface area contributed by atoms with Gasteiger partial charge in [-0.2, -0.15) is 0 Å². The van der Waals surface area contributed by atoms with Crippen LogP contribution in [0.1, 0.15) is 43.1 Å². The molecule has 0 radical (unpaired) electrons. The Balaban J connectivity index is 1.65. The molecule has 1 aliphatic rings. The highest BCUT2D eigenvalue weighted by atomic mass is 79.9. The van der Waals surface area contributed by atoms with E-state index >= 15 is 0 Å². The van der Waals surface area contributed by atoms with Crippen LogP contribution in [-0.2, 0) is 4.74 Å². The Bertz CT molecular complexity index is 419. The molecule has 0 aromatic carbocycles. The van der Waals surface area contributed by atoms with Crippen molar-refractivity contribution in [3.8, 4) is 0 Å². The number of hydrogen-bond donors (Lipinski definition) is 2. The number of aromatic nitrogens is 1. The van der Waals surface area contributed by atoms with Crippen LogP contribution in [0.25, 0.3) is 0 Å². The number of carbonyl (C=O) groups is 1. The van der Waals surface area contributed by atoms with Gasteiger partial charge in [0.25, 0.3) is 5.91 Å². The third kappa shape index (κ3) is 4.35. The van der Waals surface area contributed by atoms with E-state index in [4.69, 9.17) is 4.74 Å². The van der Waals surface area contributed by atoms with Crippen molar-refractivity contribution in [3.05, 3.63) is 22.4 Å². The Kier molecular flexibility index (Phi) is 5.45. The van der Waals surface area contributed by atoms with E-state index in [0.29, 0.717) is 30.9 Å². The average molecular weight is 329 g/mol. The molecule has 2 atom stereocenters. The Morgan fingerprint density at radius 1 is 1.53 bits per heavy atom. The van der Waals surface area contributed by atoms with E-state index in [2.05, 4.69) is 33.2 Å². The third-order valence-electron chi connectivity index (χ3n) is 3.64. The van der Waals surface area contributed by atoms with Crippen LogP contribution in [0, 0.1) is 5.92 Å². The second-order valence-electron chi connectivity index (χ2n) is 5.16. The molecule has 0 bridgehead atoms. The lowest BCUT2D eigenvalue weighted by molar-refractivity contribution is -0.00295. The highest BCUT2D eigenvalue weighted by Crippen LogP contribution is 2.25. The minimum atomic E-state index is -0.0917. The van der Waals surface area contributed by atoms with Gasteiger partial charge >= 0.3 is 0 Å². The fourth-order valence-electron chi connectivity index (χ4n) is 2.50. The fraction of sp³-hybridized carbons (Fsp3) is 0.643. The van der Waals surface area contributed by atoms with Crippen LogP contribution in [0.4, 0.5) is 0 Å². The zero-order valence-electron chi connectivity index (χ0n) is 11.2. The van der Waals surface area contributed by atoms with Crippen LogP contribution >= 0.6 is 15.9 Å². The van der Waals surface area contributed by atoms with Crippen molar-refractivity contribution in [1.82, 2.24) is 10.3 Å². The second kappa shape index (κ2) is 7.10. The van der Waals surface area contributed by atoms with Crippen LogP contribution in [0.15, 0.2) is 16.7 Å². The van der Waals surface area contributed by atoms with Crippen molar-refractivity contribution < 1.29 is 9.53 Å². The SMILES string of the molecule is C[C@H]1CCCC[C@H]1OCCNC(=O)c1cc(Br)c[nH]1. The largest absolute Gasteiger partial charge is 0.376 e. The molecule has 1 saturated carbocycles. The second-order valence-corrected chi connectivity index (χ2v) is 6.07. The van der Waals surface area contributed by atoms with Crippen LogP contribution < -0.4 is 5.32 Å². The summed E-state index contributed by atoms with van der Waals surface area (Å²) < 4.78 is 6.73. The van der Waals surface area contributed by atoms with Gasteiger partial charge in [-0.15, -0.1) is 0 Å². The van der Waals surface area contributed by atoms with Gasteiger partial charge in [0.2, 0.25) is 0 Å². The molecule has 5 heteroatoms. The third-order valence-corrected chi connectivity index (χ3v) is 4.10. The number of hydrogen-bond acceptors (Lipinski definition) is 2. The van der Waals surface area contributed by atoms with Crippen molar-refractivity contribution in [2.24, 2.45) is 5.92 Å². The molecular weight excluding hydrogens is 308 g/mol. The minimum absolute atomic E-state index is 0.0917. The van der Waals surface area contributed by atoms with Crippen molar-refractivity contribution in [3.63, 3.8) is 0 Å². The molecule has 0 unspecified atom stereocenters. The van der Waals surface area contributed by atoms with E-state index in [1.807, 2.05) is 0 Å². The Morgan fingerprint density at radius 3 is 3.00 bits per heavy atom. The maximum atomic E-state index is 11.8. The molecule has 1 heterocycles. The number of nitrogens with one attached hydrogen (secondary N) is 2. The molecule has 2 rings (SSSR count). The summed E-state index contributed by atoms with van der Waals surface area (Å²) in [5.41, 5.74) is 0.568. The maximum Gasteiger partial charge on any atom is 0.267 e. The summed E-state index contributed by atoms with van der Waals surface area (Å²) >= 11 is 3.31. The lowest BCUT2D eigenvalue weighted by Crippen LogP contribution is -2.31. The molecule has 106 valence electrons. The van der Waals surface area contributed by atoms with E-state index in [0.717, 1.165) is 10.9 Å². The van der Waals surface area contributed by atoms with Crippen molar-refractivity contribution in [2.75, 3.05) is 13.2 Å². The predicted octanol–water partition coefficient (Wildman–Crippen LogP) is 3.10. The van der Waals surface area contributed by atoms with E-state index in [9.17, 15) is 4.79 Å². The summed E-state index contributed by atoms with van der Waals surface area (Å²) in [6.45, 7) is 3.39. The van der Waals surface area contributed by atoms with Gasteiger partial charge in [0, 0.05) is 17.2 Å². The van der Waals surface area contributed by atoms with Crippen molar-refractivity contribution >= 4 is 21.8 Å². The van der Waals surface area contributed by atoms with E-state index < -0.39 is 0 Å². The first-order valence-corrected chi connectivity index (χ1v) is 7.70. The number of amides is 1. The molecule has 0 aliphatic heterocycles. The van der Waals surface area contributed by atoms with Crippen LogP contribution in [-0.4, -0.2) is 30.1 Å². The Labute approximate surface area is 122 Å². The summed E-state index contributed by atoms with van der Waals surface area (Å²) in [7, 11) is 0.